The molecular weight excluding hydrogens is 258 g/mol. The quantitative estimate of drug-likeness (QED) is 0.576. The standard InChI is InChI=1S/C15H27NO4/c1-3-4-7-18-9-10-19-12-14(17)11-16-13(2)15-6-5-8-20-15/h5-6,8,13-14,16-17H,3-4,7,9-12H2,1-2H3. The molecule has 1 aromatic heterocycles. The molecular formula is C15H27NO4. The Kier molecular flexibility index (Phi) is 9.32. The number of hydrogen-bond donors (Lipinski definition) is 2. The predicted octanol–water partition coefficient (Wildman–Crippen LogP) is 2.12. The molecule has 0 saturated heterocycles. The zero-order valence-corrected chi connectivity index (χ0v) is 12.5. The van der Waals surface area contributed by atoms with Crippen molar-refractivity contribution in [3.8, 4) is 0 Å². The van der Waals surface area contributed by atoms with E-state index in [1.54, 1.807) is 6.26 Å². The SMILES string of the molecule is CCCCOCCOCC(O)CNC(C)c1ccco1. The molecule has 0 aliphatic carbocycles. The minimum absolute atomic E-state index is 0.0806. The molecule has 0 spiro atoms. The molecule has 1 aromatic rings. The fourth-order valence-corrected chi connectivity index (χ4v) is 1.70. The van der Waals surface area contributed by atoms with E-state index in [2.05, 4.69) is 12.2 Å². The van der Waals surface area contributed by atoms with Crippen LogP contribution in [0, 0.1) is 0 Å². The van der Waals surface area contributed by atoms with Crippen LogP contribution in [0.1, 0.15) is 38.5 Å². The predicted molar refractivity (Wildman–Crippen MR) is 77.7 cm³/mol. The van der Waals surface area contributed by atoms with Crippen molar-refractivity contribution in [2.24, 2.45) is 0 Å². The Balaban J connectivity index is 1.96. The highest BCUT2D eigenvalue weighted by molar-refractivity contribution is 5.02. The van der Waals surface area contributed by atoms with Gasteiger partial charge in [-0.3, -0.25) is 0 Å². The maximum Gasteiger partial charge on any atom is 0.120 e. The number of furan rings is 1. The van der Waals surface area contributed by atoms with Gasteiger partial charge in [-0.15, -0.1) is 0 Å². The smallest absolute Gasteiger partial charge is 0.120 e. The Bertz CT molecular complexity index is 316. The molecule has 0 aromatic carbocycles. The van der Waals surface area contributed by atoms with E-state index in [0.29, 0.717) is 26.4 Å². The summed E-state index contributed by atoms with van der Waals surface area (Å²) in [6.45, 7) is 6.80. The van der Waals surface area contributed by atoms with Crippen molar-refractivity contribution < 1.29 is 19.0 Å². The first-order chi connectivity index (χ1) is 9.74. The average molecular weight is 285 g/mol. The van der Waals surface area contributed by atoms with E-state index in [9.17, 15) is 5.11 Å². The van der Waals surface area contributed by atoms with Crippen molar-refractivity contribution in [1.29, 1.82) is 0 Å². The van der Waals surface area contributed by atoms with Crippen LogP contribution in [-0.2, 0) is 9.47 Å². The minimum atomic E-state index is -0.525. The second-order valence-corrected chi connectivity index (χ2v) is 4.84. The average Bonchev–Trinajstić information content (AvgIpc) is 2.98. The van der Waals surface area contributed by atoms with Gasteiger partial charge in [-0.2, -0.15) is 0 Å². The molecule has 0 aliphatic rings. The lowest BCUT2D eigenvalue weighted by Gasteiger charge is -2.15. The highest BCUT2D eigenvalue weighted by Gasteiger charge is 2.10. The molecule has 2 N–H and O–H groups in total. The molecule has 5 nitrogen and oxygen atoms in total. The van der Waals surface area contributed by atoms with E-state index in [-0.39, 0.29) is 6.04 Å². The van der Waals surface area contributed by atoms with Crippen LogP contribution in [-0.4, -0.2) is 44.2 Å². The second kappa shape index (κ2) is 10.9. The van der Waals surface area contributed by atoms with Gasteiger partial charge in [0, 0.05) is 13.2 Å². The first-order valence-electron chi connectivity index (χ1n) is 7.34. The summed E-state index contributed by atoms with van der Waals surface area (Å²) in [4.78, 5) is 0. The summed E-state index contributed by atoms with van der Waals surface area (Å²) in [5.41, 5.74) is 0. The lowest BCUT2D eigenvalue weighted by Crippen LogP contribution is -2.32. The van der Waals surface area contributed by atoms with Gasteiger partial charge >= 0.3 is 0 Å². The summed E-state index contributed by atoms with van der Waals surface area (Å²) in [5, 5.41) is 13.0. The maximum absolute atomic E-state index is 9.78. The number of unbranched alkanes of at least 4 members (excludes halogenated alkanes) is 1. The number of aliphatic hydroxyl groups is 1. The van der Waals surface area contributed by atoms with Crippen LogP contribution in [0.5, 0.6) is 0 Å². The fraction of sp³-hybridized carbons (Fsp3) is 0.733. The Morgan fingerprint density at radius 3 is 2.80 bits per heavy atom. The van der Waals surface area contributed by atoms with E-state index in [1.165, 1.54) is 0 Å². The molecule has 0 saturated carbocycles. The molecule has 0 fully saturated rings. The first kappa shape index (κ1) is 17.2. The van der Waals surface area contributed by atoms with Gasteiger partial charge in [0.1, 0.15) is 5.76 Å². The van der Waals surface area contributed by atoms with Gasteiger partial charge in [0.25, 0.3) is 0 Å². The summed E-state index contributed by atoms with van der Waals surface area (Å²) >= 11 is 0. The number of ether oxygens (including phenoxy) is 2. The van der Waals surface area contributed by atoms with Crippen molar-refractivity contribution in [3.63, 3.8) is 0 Å². The monoisotopic (exact) mass is 285 g/mol. The van der Waals surface area contributed by atoms with Crippen molar-refractivity contribution in [2.45, 2.75) is 38.8 Å². The van der Waals surface area contributed by atoms with Gasteiger partial charge in [0.15, 0.2) is 0 Å². The van der Waals surface area contributed by atoms with E-state index in [0.717, 1.165) is 25.2 Å². The van der Waals surface area contributed by atoms with Crippen LogP contribution in [0.4, 0.5) is 0 Å². The molecule has 0 bridgehead atoms. The summed E-state index contributed by atoms with van der Waals surface area (Å²) in [6, 6.07) is 3.84. The largest absolute Gasteiger partial charge is 0.468 e. The molecule has 0 radical (unpaired) electrons. The third kappa shape index (κ3) is 7.65. The number of nitrogens with one attached hydrogen (secondary N) is 1. The van der Waals surface area contributed by atoms with E-state index >= 15 is 0 Å². The Morgan fingerprint density at radius 1 is 1.30 bits per heavy atom. The highest BCUT2D eigenvalue weighted by atomic mass is 16.5. The summed E-state index contributed by atoms with van der Waals surface area (Å²) in [7, 11) is 0. The van der Waals surface area contributed by atoms with Crippen LogP contribution >= 0.6 is 0 Å². The van der Waals surface area contributed by atoms with Crippen molar-refractivity contribution >= 4 is 0 Å². The zero-order valence-electron chi connectivity index (χ0n) is 12.5. The van der Waals surface area contributed by atoms with E-state index < -0.39 is 6.10 Å². The zero-order chi connectivity index (χ0) is 14.6. The minimum Gasteiger partial charge on any atom is -0.468 e. The molecule has 0 amide bonds. The van der Waals surface area contributed by atoms with Crippen LogP contribution in [0.15, 0.2) is 22.8 Å². The third-order valence-corrected chi connectivity index (χ3v) is 2.95. The van der Waals surface area contributed by atoms with Crippen molar-refractivity contribution in [3.05, 3.63) is 24.2 Å². The molecule has 20 heavy (non-hydrogen) atoms. The molecule has 1 rings (SSSR count). The number of rotatable bonds is 12. The van der Waals surface area contributed by atoms with Crippen LogP contribution in [0.3, 0.4) is 0 Å². The van der Waals surface area contributed by atoms with Gasteiger partial charge in [-0.1, -0.05) is 13.3 Å². The fourth-order valence-electron chi connectivity index (χ4n) is 1.70. The highest BCUT2D eigenvalue weighted by Crippen LogP contribution is 2.11. The Morgan fingerprint density at radius 2 is 2.10 bits per heavy atom. The second-order valence-electron chi connectivity index (χ2n) is 4.84. The lowest BCUT2D eigenvalue weighted by atomic mass is 10.2. The maximum atomic E-state index is 9.78. The Labute approximate surface area is 121 Å². The molecule has 2 atom stereocenters. The lowest BCUT2D eigenvalue weighted by molar-refractivity contribution is 0.00317. The Hall–Kier alpha value is -0.880. The topological polar surface area (TPSA) is 63.9 Å². The van der Waals surface area contributed by atoms with E-state index in [1.807, 2.05) is 19.1 Å². The first-order valence-corrected chi connectivity index (χ1v) is 7.34. The van der Waals surface area contributed by atoms with Gasteiger partial charge in [-0.05, 0) is 25.5 Å². The normalized spacial score (nSPS) is 14.3. The van der Waals surface area contributed by atoms with Crippen molar-refractivity contribution in [2.75, 3.05) is 33.0 Å². The van der Waals surface area contributed by atoms with E-state index in [4.69, 9.17) is 13.9 Å². The van der Waals surface area contributed by atoms with Crippen LogP contribution in [0.2, 0.25) is 0 Å². The van der Waals surface area contributed by atoms with Crippen LogP contribution < -0.4 is 5.32 Å². The van der Waals surface area contributed by atoms with Crippen molar-refractivity contribution in [1.82, 2.24) is 5.32 Å². The van der Waals surface area contributed by atoms with Crippen LogP contribution in [0.25, 0.3) is 0 Å². The van der Waals surface area contributed by atoms with Gasteiger partial charge in [-0.25, -0.2) is 0 Å². The molecule has 1 heterocycles. The molecule has 5 heteroatoms. The molecule has 2 unspecified atom stereocenters. The van der Waals surface area contributed by atoms with Gasteiger partial charge < -0.3 is 24.3 Å². The number of hydrogen-bond acceptors (Lipinski definition) is 5. The van der Waals surface area contributed by atoms with Gasteiger partial charge in [0.05, 0.1) is 38.2 Å². The van der Waals surface area contributed by atoms with Gasteiger partial charge in [0.2, 0.25) is 0 Å². The third-order valence-electron chi connectivity index (χ3n) is 2.95. The summed E-state index contributed by atoms with van der Waals surface area (Å²) in [5.74, 6) is 0.863. The summed E-state index contributed by atoms with van der Waals surface area (Å²) in [6.07, 6.45) is 3.34. The molecule has 116 valence electrons. The summed E-state index contributed by atoms with van der Waals surface area (Å²) < 4.78 is 16.0. The number of aliphatic hydroxyl groups excluding tert-OH is 1. The molecule has 0 aliphatic heterocycles.